The summed E-state index contributed by atoms with van der Waals surface area (Å²) in [6, 6.07) is 6.61. The number of rotatable bonds is 13. The number of hydrogen-bond acceptors (Lipinski definition) is 1. The summed E-state index contributed by atoms with van der Waals surface area (Å²) >= 11 is -2.44. The summed E-state index contributed by atoms with van der Waals surface area (Å²) in [7, 11) is 0. The Morgan fingerprint density at radius 3 is 1.52 bits per heavy atom. The summed E-state index contributed by atoms with van der Waals surface area (Å²) in [6.07, 6.45) is 7.73. The number of carbonyl (C=O) groups excluding carboxylic acids is 1. The van der Waals surface area contributed by atoms with E-state index in [2.05, 4.69) is 92.4 Å². The van der Waals surface area contributed by atoms with Crippen LogP contribution in [0.2, 0.25) is 17.7 Å². The van der Waals surface area contributed by atoms with Gasteiger partial charge in [-0.2, -0.15) is 0 Å². The van der Waals surface area contributed by atoms with E-state index in [1.807, 2.05) is 0 Å². The second kappa shape index (κ2) is 13.4. The molecule has 0 spiro atoms. The first-order valence-corrected chi connectivity index (χ1v) is 21.5. The van der Waals surface area contributed by atoms with Crippen molar-refractivity contribution in [2.75, 3.05) is 5.32 Å². The number of unbranched alkanes of at least 4 members (excludes halogenated alkanes) is 3. The second-order valence-electron chi connectivity index (χ2n) is 12.3. The molecule has 0 bridgehead atoms. The zero-order valence-corrected chi connectivity index (χ0v) is 26.3. The van der Waals surface area contributed by atoms with Crippen LogP contribution in [0.1, 0.15) is 112 Å². The molecule has 1 rings (SSSR count). The third-order valence-electron chi connectivity index (χ3n) is 7.01. The first-order chi connectivity index (χ1) is 15.3. The minimum absolute atomic E-state index is 0.0316. The maximum absolute atomic E-state index is 13.4. The molecule has 0 unspecified atom stereocenters. The van der Waals surface area contributed by atoms with Gasteiger partial charge in [-0.1, -0.05) is 0 Å². The summed E-state index contributed by atoms with van der Waals surface area (Å²) in [4.78, 5) is 13.4. The standard InChI is InChI=1S/C18H26NO.3C4H9.Sn/c1-12(2)16(20)19-15-10-13(17(3,4)5)9-14(11-15)18(6,7)8;3*1-3-4-2;/h9-11H,1-2H2,3-8H3,(H,19,20);3*1,3-4H2,2H3;. The molecule has 0 aliphatic rings. The van der Waals surface area contributed by atoms with Crippen LogP contribution >= 0.6 is 0 Å². The molecule has 0 saturated carbocycles. The molecule has 0 heterocycles. The Labute approximate surface area is 210 Å². The fraction of sp³-hybridized carbons (Fsp3) is 0.700. The molecule has 188 valence electrons. The molecular formula is C30H53NOSn. The van der Waals surface area contributed by atoms with Crippen LogP contribution in [-0.2, 0) is 15.6 Å². The third kappa shape index (κ3) is 10.2. The van der Waals surface area contributed by atoms with E-state index >= 15 is 0 Å². The molecule has 0 aliphatic heterocycles. The maximum atomic E-state index is 13.4. The predicted molar refractivity (Wildman–Crippen MR) is 151 cm³/mol. The summed E-state index contributed by atoms with van der Waals surface area (Å²) < 4.78 is 5.24. The molecule has 0 radical (unpaired) electrons. The van der Waals surface area contributed by atoms with Crippen molar-refractivity contribution >= 4 is 30.0 Å². The van der Waals surface area contributed by atoms with Gasteiger partial charge in [-0.3, -0.25) is 0 Å². The van der Waals surface area contributed by atoms with E-state index in [1.165, 1.54) is 63.0 Å². The Kier molecular flexibility index (Phi) is 12.2. The van der Waals surface area contributed by atoms with Gasteiger partial charge in [-0.25, -0.2) is 0 Å². The van der Waals surface area contributed by atoms with Gasteiger partial charge in [-0.05, 0) is 0 Å². The van der Waals surface area contributed by atoms with Crippen LogP contribution in [0.4, 0.5) is 5.69 Å². The van der Waals surface area contributed by atoms with Gasteiger partial charge in [0, 0.05) is 0 Å². The van der Waals surface area contributed by atoms with Crippen molar-refractivity contribution in [1.29, 1.82) is 0 Å². The Morgan fingerprint density at radius 1 is 0.788 bits per heavy atom. The minimum atomic E-state index is -2.44. The Morgan fingerprint density at radius 2 is 1.18 bits per heavy atom. The van der Waals surface area contributed by atoms with E-state index in [4.69, 9.17) is 0 Å². The Balaban J connectivity index is 3.16. The summed E-state index contributed by atoms with van der Waals surface area (Å²) in [5.74, 6) is 0.0338. The number of anilines is 1. The van der Waals surface area contributed by atoms with Crippen LogP contribution in [0.5, 0.6) is 0 Å². The van der Waals surface area contributed by atoms with Gasteiger partial charge in [0.1, 0.15) is 0 Å². The second-order valence-corrected chi connectivity index (χ2v) is 26.2. The monoisotopic (exact) mass is 563 g/mol. The fourth-order valence-electron chi connectivity index (χ4n) is 4.61. The van der Waals surface area contributed by atoms with E-state index in [9.17, 15) is 4.79 Å². The molecule has 1 N–H and O–H groups in total. The zero-order valence-electron chi connectivity index (χ0n) is 23.4. The number of carbonyl (C=O) groups is 1. The molecule has 0 fully saturated rings. The third-order valence-corrected chi connectivity index (χ3v) is 22.5. The first-order valence-electron chi connectivity index (χ1n) is 13.4. The molecule has 0 aliphatic carbocycles. The number of hydrogen-bond donors (Lipinski definition) is 1. The fourth-order valence-corrected chi connectivity index (χ4v) is 20.8. The van der Waals surface area contributed by atoms with E-state index in [1.54, 1.807) is 0 Å². The van der Waals surface area contributed by atoms with Crippen LogP contribution in [0.3, 0.4) is 0 Å². The van der Waals surface area contributed by atoms with Crippen molar-refractivity contribution in [3.63, 3.8) is 0 Å². The number of amides is 1. The zero-order chi connectivity index (χ0) is 25.3. The van der Waals surface area contributed by atoms with Gasteiger partial charge < -0.3 is 0 Å². The molecule has 3 heteroatoms. The van der Waals surface area contributed by atoms with Gasteiger partial charge in [0.25, 0.3) is 0 Å². The topological polar surface area (TPSA) is 29.1 Å². The van der Waals surface area contributed by atoms with E-state index in [0.717, 1.165) is 15.7 Å². The summed E-state index contributed by atoms with van der Waals surface area (Å²) in [5, 5.41) is 3.25. The quantitative estimate of drug-likeness (QED) is 0.188. The van der Waals surface area contributed by atoms with Crippen LogP contribution in [0, 0.1) is 0 Å². The predicted octanol–water partition coefficient (Wildman–Crippen LogP) is 9.63. The van der Waals surface area contributed by atoms with E-state index in [-0.39, 0.29) is 16.7 Å². The number of benzene rings is 1. The molecule has 2 nitrogen and oxygen atoms in total. The molecule has 0 aromatic heterocycles. The van der Waals surface area contributed by atoms with Crippen molar-refractivity contribution in [1.82, 2.24) is 0 Å². The van der Waals surface area contributed by atoms with Crippen LogP contribution < -0.4 is 5.32 Å². The molecule has 0 atom stereocenters. The average Bonchev–Trinajstić information content (AvgIpc) is 2.73. The summed E-state index contributed by atoms with van der Waals surface area (Å²) in [5.41, 5.74) is 4.33. The van der Waals surface area contributed by atoms with Crippen LogP contribution in [0.25, 0.3) is 0 Å². The van der Waals surface area contributed by atoms with Crippen LogP contribution in [-0.4, -0.2) is 24.3 Å². The van der Waals surface area contributed by atoms with Crippen LogP contribution in [0.15, 0.2) is 30.4 Å². The van der Waals surface area contributed by atoms with Gasteiger partial charge >= 0.3 is 211 Å². The van der Waals surface area contributed by atoms with Gasteiger partial charge in [0.15, 0.2) is 0 Å². The Bertz CT molecular complexity index is 712. The molecule has 1 aromatic rings. The van der Waals surface area contributed by atoms with E-state index in [0.29, 0.717) is 0 Å². The summed E-state index contributed by atoms with van der Waals surface area (Å²) in [6.45, 7) is 24.6. The Hall–Kier alpha value is -0.771. The molecule has 33 heavy (non-hydrogen) atoms. The average molecular weight is 562 g/mol. The molecule has 1 amide bonds. The van der Waals surface area contributed by atoms with Gasteiger partial charge in [-0.15, -0.1) is 0 Å². The molecule has 1 aromatic carbocycles. The number of nitrogens with one attached hydrogen (secondary N) is 1. The van der Waals surface area contributed by atoms with Crippen molar-refractivity contribution in [2.45, 2.75) is 129 Å². The molecular weight excluding hydrogens is 509 g/mol. The SMILES string of the molecule is C=C([CH2][Sn]([CH2]CCC)([CH2]CCC)[CH2]CCC)C(=O)Nc1cc(C(C)(C)C)cc(C(C)(C)C)c1. The first kappa shape index (κ1) is 30.3. The van der Waals surface area contributed by atoms with Crippen molar-refractivity contribution in [3.05, 3.63) is 41.5 Å². The van der Waals surface area contributed by atoms with E-state index < -0.39 is 18.4 Å². The van der Waals surface area contributed by atoms with Crippen molar-refractivity contribution in [3.8, 4) is 0 Å². The van der Waals surface area contributed by atoms with Crippen molar-refractivity contribution < 1.29 is 4.79 Å². The van der Waals surface area contributed by atoms with Crippen molar-refractivity contribution in [2.24, 2.45) is 0 Å². The molecule has 0 saturated heterocycles. The van der Waals surface area contributed by atoms with Gasteiger partial charge in [0.2, 0.25) is 0 Å². The normalized spacial score (nSPS) is 12.6. The van der Waals surface area contributed by atoms with Gasteiger partial charge in [0.05, 0.1) is 0 Å².